The summed E-state index contributed by atoms with van der Waals surface area (Å²) in [6.07, 6.45) is -1.57. The first kappa shape index (κ1) is 15.0. The average Bonchev–Trinajstić information content (AvgIpc) is 2.85. The summed E-state index contributed by atoms with van der Waals surface area (Å²) in [5.74, 6) is 0.534. The van der Waals surface area contributed by atoms with Gasteiger partial charge in [0.25, 0.3) is 0 Å². The molecule has 1 unspecified atom stereocenters. The van der Waals surface area contributed by atoms with Gasteiger partial charge in [0.2, 0.25) is 5.01 Å². The lowest BCUT2D eigenvalue weighted by atomic mass is 10.2. The molecule has 1 aliphatic rings. The zero-order valence-corrected chi connectivity index (χ0v) is 11.6. The second kappa shape index (κ2) is 6.87. The van der Waals surface area contributed by atoms with Crippen molar-refractivity contribution < 1.29 is 22.6 Å². The third-order valence-electron chi connectivity index (χ3n) is 2.40. The summed E-state index contributed by atoms with van der Waals surface area (Å²) in [6, 6.07) is 0. The maximum Gasteiger partial charge on any atom is 0.445 e. The van der Waals surface area contributed by atoms with E-state index in [1.54, 1.807) is 0 Å². The van der Waals surface area contributed by atoms with Crippen molar-refractivity contribution in [3.05, 3.63) is 5.01 Å². The first-order valence-corrected chi connectivity index (χ1v) is 7.62. The summed E-state index contributed by atoms with van der Waals surface area (Å²) < 4.78 is 48.0. The Bertz CT molecular complexity index is 394. The minimum Gasteiger partial charge on any atom is -0.353 e. The molecule has 0 aliphatic carbocycles. The fraction of sp³-hybridized carbons (Fsp3) is 0.800. The first-order chi connectivity index (χ1) is 9.05. The van der Waals surface area contributed by atoms with Crippen LogP contribution in [-0.2, 0) is 15.7 Å². The van der Waals surface area contributed by atoms with Crippen molar-refractivity contribution in [1.29, 1.82) is 0 Å². The molecule has 1 aliphatic heterocycles. The quantitative estimate of drug-likeness (QED) is 0.617. The maximum absolute atomic E-state index is 12.3. The maximum atomic E-state index is 12.3. The Morgan fingerprint density at radius 1 is 1.37 bits per heavy atom. The van der Waals surface area contributed by atoms with Crippen LogP contribution in [0.5, 0.6) is 0 Å². The summed E-state index contributed by atoms with van der Waals surface area (Å²) in [4.78, 5) is 0. The van der Waals surface area contributed by atoms with Gasteiger partial charge in [0.05, 0.1) is 6.61 Å². The fourth-order valence-corrected chi connectivity index (χ4v) is 3.15. The van der Waals surface area contributed by atoms with Crippen LogP contribution in [-0.4, -0.2) is 35.5 Å². The van der Waals surface area contributed by atoms with E-state index in [9.17, 15) is 13.2 Å². The van der Waals surface area contributed by atoms with Crippen LogP contribution < -0.4 is 0 Å². The molecule has 2 heterocycles. The van der Waals surface area contributed by atoms with Gasteiger partial charge in [0.15, 0.2) is 10.6 Å². The van der Waals surface area contributed by atoms with Gasteiger partial charge >= 0.3 is 6.18 Å². The molecule has 1 aromatic heterocycles. The van der Waals surface area contributed by atoms with Crippen LogP contribution in [0.1, 0.15) is 24.3 Å². The van der Waals surface area contributed by atoms with Crippen molar-refractivity contribution in [3.63, 3.8) is 0 Å². The molecule has 108 valence electrons. The number of hydrogen-bond acceptors (Lipinski definition) is 6. The largest absolute Gasteiger partial charge is 0.445 e. The molecule has 1 saturated heterocycles. The molecule has 1 fully saturated rings. The predicted molar refractivity (Wildman–Crippen MR) is 65.2 cm³/mol. The Morgan fingerprint density at radius 2 is 2.21 bits per heavy atom. The van der Waals surface area contributed by atoms with E-state index in [2.05, 4.69) is 10.2 Å². The summed E-state index contributed by atoms with van der Waals surface area (Å²) >= 11 is 1.77. The van der Waals surface area contributed by atoms with Gasteiger partial charge in [-0.2, -0.15) is 13.2 Å². The second-order valence-electron chi connectivity index (χ2n) is 3.89. The molecule has 4 nitrogen and oxygen atoms in total. The van der Waals surface area contributed by atoms with Crippen LogP contribution in [0.4, 0.5) is 13.2 Å². The normalized spacial score (nSPS) is 20.7. The molecule has 1 aromatic rings. The van der Waals surface area contributed by atoms with Crippen molar-refractivity contribution in [2.45, 2.75) is 36.1 Å². The second-order valence-corrected chi connectivity index (χ2v) is 6.21. The van der Waals surface area contributed by atoms with Gasteiger partial charge in [-0.25, -0.2) is 0 Å². The fourth-order valence-electron chi connectivity index (χ4n) is 1.53. The Morgan fingerprint density at radius 3 is 2.84 bits per heavy atom. The van der Waals surface area contributed by atoms with E-state index in [0.717, 1.165) is 19.3 Å². The van der Waals surface area contributed by atoms with Crippen molar-refractivity contribution in [2.24, 2.45) is 0 Å². The zero-order chi connectivity index (χ0) is 13.7. The van der Waals surface area contributed by atoms with Gasteiger partial charge < -0.3 is 9.47 Å². The van der Waals surface area contributed by atoms with Gasteiger partial charge in [-0.05, 0) is 19.3 Å². The van der Waals surface area contributed by atoms with Crippen LogP contribution >= 0.6 is 23.1 Å². The van der Waals surface area contributed by atoms with Gasteiger partial charge in [-0.15, -0.1) is 10.2 Å². The molecule has 0 N–H and O–H groups in total. The van der Waals surface area contributed by atoms with Crippen LogP contribution in [0.15, 0.2) is 4.34 Å². The predicted octanol–water partition coefficient (Wildman–Crippen LogP) is 3.19. The van der Waals surface area contributed by atoms with E-state index in [0.29, 0.717) is 34.6 Å². The summed E-state index contributed by atoms with van der Waals surface area (Å²) in [6.45, 7) is 1.14. The highest BCUT2D eigenvalue weighted by Crippen LogP contribution is 2.34. The van der Waals surface area contributed by atoms with E-state index < -0.39 is 11.2 Å². The molecule has 2 rings (SSSR count). The number of alkyl halides is 3. The molecule has 1 atom stereocenters. The minimum absolute atomic E-state index is 0.172. The summed E-state index contributed by atoms with van der Waals surface area (Å²) in [5, 5.41) is 5.69. The highest BCUT2D eigenvalue weighted by molar-refractivity contribution is 8.01. The van der Waals surface area contributed by atoms with Crippen LogP contribution in [0, 0.1) is 0 Å². The number of ether oxygens (including phenoxy) is 2. The number of aromatic nitrogens is 2. The monoisotopic (exact) mass is 314 g/mol. The highest BCUT2D eigenvalue weighted by atomic mass is 32.2. The van der Waals surface area contributed by atoms with Crippen LogP contribution in [0.25, 0.3) is 0 Å². The van der Waals surface area contributed by atoms with Crippen molar-refractivity contribution in [2.75, 3.05) is 19.0 Å². The van der Waals surface area contributed by atoms with Crippen molar-refractivity contribution >= 4 is 23.1 Å². The van der Waals surface area contributed by atoms with E-state index in [1.165, 1.54) is 11.8 Å². The summed E-state index contributed by atoms with van der Waals surface area (Å²) in [7, 11) is 0. The van der Waals surface area contributed by atoms with Crippen molar-refractivity contribution in [3.8, 4) is 0 Å². The minimum atomic E-state index is -4.41. The number of rotatable bonds is 5. The highest BCUT2D eigenvalue weighted by Gasteiger charge is 2.35. The molecule has 0 radical (unpaired) electrons. The lowest BCUT2D eigenvalue weighted by Crippen LogP contribution is -2.23. The molecule has 9 heteroatoms. The molecular weight excluding hydrogens is 301 g/mol. The smallest absolute Gasteiger partial charge is 0.353 e. The van der Waals surface area contributed by atoms with E-state index in [-0.39, 0.29) is 6.29 Å². The molecule has 0 aromatic carbocycles. The standard InChI is InChI=1S/C10H13F3N2O2S2/c11-10(12,13)8-14-15-9(19-8)18-6-5-17-7-3-1-2-4-16-7/h7H,1-6H2. The molecule has 0 amide bonds. The number of thioether (sulfide) groups is 1. The molecule has 0 spiro atoms. The lowest BCUT2D eigenvalue weighted by Gasteiger charge is -2.22. The Kier molecular flexibility index (Phi) is 5.43. The van der Waals surface area contributed by atoms with Gasteiger partial charge in [-0.3, -0.25) is 0 Å². The Labute approximate surface area is 116 Å². The van der Waals surface area contributed by atoms with Gasteiger partial charge in [0, 0.05) is 12.4 Å². The number of hydrogen-bond donors (Lipinski definition) is 0. The first-order valence-electron chi connectivity index (χ1n) is 5.82. The Hall–Kier alpha value is -0.380. The van der Waals surface area contributed by atoms with Gasteiger partial charge in [-0.1, -0.05) is 23.1 Å². The molecule has 19 heavy (non-hydrogen) atoms. The van der Waals surface area contributed by atoms with Crippen LogP contribution in [0.2, 0.25) is 0 Å². The molecular formula is C10H13F3N2O2S2. The summed E-state index contributed by atoms with van der Waals surface area (Å²) in [5.41, 5.74) is 0. The topological polar surface area (TPSA) is 44.2 Å². The zero-order valence-electron chi connectivity index (χ0n) is 9.98. The SMILES string of the molecule is FC(F)(F)c1nnc(SCCOC2CCCCO2)s1. The third-order valence-corrected chi connectivity index (χ3v) is 4.47. The van der Waals surface area contributed by atoms with Crippen molar-refractivity contribution in [1.82, 2.24) is 10.2 Å². The van der Waals surface area contributed by atoms with E-state index in [4.69, 9.17) is 9.47 Å². The van der Waals surface area contributed by atoms with E-state index in [1.807, 2.05) is 0 Å². The molecule has 0 bridgehead atoms. The average molecular weight is 314 g/mol. The Balaban J connectivity index is 1.66. The van der Waals surface area contributed by atoms with Crippen LogP contribution in [0.3, 0.4) is 0 Å². The number of nitrogens with zero attached hydrogens (tertiary/aromatic N) is 2. The molecule has 0 saturated carbocycles. The lowest BCUT2D eigenvalue weighted by molar-refractivity contribution is -0.158. The van der Waals surface area contributed by atoms with Gasteiger partial charge in [0.1, 0.15) is 0 Å². The van der Waals surface area contributed by atoms with E-state index >= 15 is 0 Å². The number of halogens is 3. The third kappa shape index (κ3) is 4.90.